The molecule has 2 aromatic rings. The Bertz CT molecular complexity index is 718. The molecule has 23 heavy (non-hydrogen) atoms. The third kappa shape index (κ3) is 5.09. The smallest absolute Gasteiger partial charge is 0.254 e. The van der Waals surface area contributed by atoms with E-state index in [0.717, 1.165) is 18.7 Å². The number of rotatable bonds is 5. The van der Waals surface area contributed by atoms with Crippen molar-refractivity contribution in [2.45, 2.75) is 24.7 Å². The molecule has 118 valence electrons. The molecule has 0 spiro atoms. The van der Waals surface area contributed by atoms with E-state index in [0.29, 0.717) is 16.2 Å². The second kappa shape index (κ2) is 7.17. The van der Waals surface area contributed by atoms with Crippen LogP contribution in [0.2, 0.25) is 0 Å². The van der Waals surface area contributed by atoms with Gasteiger partial charge in [0.05, 0.1) is 23.3 Å². The van der Waals surface area contributed by atoms with Gasteiger partial charge in [-0.1, -0.05) is 0 Å². The molecule has 0 saturated heterocycles. The molecule has 1 heterocycles. The molecule has 2 rings (SSSR count). The molecule has 0 atom stereocenters. The van der Waals surface area contributed by atoms with Crippen molar-refractivity contribution in [1.29, 1.82) is 0 Å². The average molecular weight is 335 g/mol. The minimum absolute atomic E-state index is 0.00220. The van der Waals surface area contributed by atoms with Gasteiger partial charge in [0.2, 0.25) is 0 Å². The number of thioether (sulfide) groups is 1. The SMILES string of the molecule is [B]C(=Nc1cc(SCC(C)(F)F)c(C)cc1F)c1cnccn1. The Morgan fingerprint density at radius 2 is 2.09 bits per heavy atom. The highest BCUT2D eigenvalue weighted by atomic mass is 32.2. The number of aryl methyl sites for hydroxylation is 1. The minimum atomic E-state index is -2.81. The van der Waals surface area contributed by atoms with Gasteiger partial charge < -0.3 is 0 Å². The number of benzene rings is 1. The van der Waals surface area contributed by atoms with E-state index in [1.165, 1.54) is 30.7 Å². The maximum absolute atomic E-state index is 14.0. The van der Waals surface area contributed by atoms with Crippen LogP contribution < -0.4 is 0 Å². The van der Waals surface area contributed by atoms with E-state index >= 15 is 0 Å². The molecule has 1 aromatic carbocycles. The maximum atomic E-state index is 14.0. The fourth-order valence-corrected chi connectivity index (χ4v) is 2.60. The number of aromatic nitrogens is 2. The third-order valence-electron chi connectivity index (χ3n) is 2.79. The molecule has 0 N–H and O–H groups in total. The highest BCUT2D eigenvalue weighted by Crippen LogP contribution is 2.33. The number of nitrogens with zero attached hydrogens (tertiary/aromatic N) is 3. The van der Waals surface area contributed by atoms with Gasteiger partial charge in [-0.25, -0.2) is 13.2 Å². The summed E-state index contributed by atoms with van der Waals surface area (Å²) in [6, 6.07) is 2.66. The number of hydrogen-bond donors (Lipinski definition) is 0. The summed E-state index contributed by atoms with van der Waals surface area (Å²) >= 11 is 0.945. The number of alkyl halides is 2. The van der Waals surface area contributed by atoms with Gasteiger partial charge in [-0.05, 0) is 24.6 Å². The van der Waals surface area contributed by atoms with Crippen molar-refractivity contribution in [3.05, 3.63) is 47.8 Å². The fraction of sp³-hybridized carbons (Fsp3) is 0.267. The predicted molar refractivity (Wildman–Crippen MR) is 86.5 cm³/mol. The monoisotopic (exact) mass is 335 g/mol. The Morgan fingerprint density at radius 1 is 1.35 bits per heavy atom. The summed E-state index contributed by atoms with van der Waals surface area (Å²) in [6.07, 6.45) is 4.31. The Labute approximate surface area is 137 Å². The summed E-state index contributed by atoms with van der Waals surface area (Å²) in [5, 5.41) is 0. The van der Waals surface area contributed by atoms with Crippen LogP contribution in [0.1, 0.15) is 18.2 Å². The molecule has 1 aromatic heterocycles. The van der Waals surface area contributed by atoms with Gasteiger partial charge in [0, 0.05) is 29.8 Å². The summed E-state index contributed by atoms with van der Waals surface area (Å²) in [7, 11) is 5.78. The Morgan fingerprint density at radius 3 is 2.70 bits per heavy atom. The molecule has 0 unspecified atom stereocenters. The van der Waals surface area contributed by atoms with Crippen LogP contribution in [0, 0.1) is 12.7 Å². The largest absolute Gasteiger partial charge is 0.261 e. The van der Waals surface area contributed by atoms with Gasteiger partial charge in [-0.3, -0.25) is 15.0 Å². The molecule has 0 aliphatic carbocycles. The van der Waals surface area contributed by atoms with E-state index in [4.69, 9.17) is 7.85 Å². The molecule has 0 saturated carbocycles. The first-order chi connectivity index (χ1) is 10.8. The molecule has 0 amide bonds. The standard InChI is InChI=1S/C15H13BF3N3S/c1-9-5-10(17)11(6-13(9)23-8-15(2,18)19)22-14(16)12-7-20-3-4-21-12/h3-7H,8H2,1-2H3. The van der Waals surface area contributed by atoms with Gasteiger partial charge >= 0.3 is 0 Å². The van der Waals surface area contributed by atoms with E-state index < -0.39 is 17.5 Å². The Hall–Kier alpha value is -1.83. The van der Waals surface area contributed by atoms with Gasteiger partial charge in [-0.2, -0.15) is 0 Å². The van der Waals surface area contributed by atoms with Gasteiger partial charge in [0.1, 0.15) is 13.7 Å². The van der Waals surface area contributed by atoms with Gasteiger partial charge in [0.15, 0.2) is 0 Å². The van der Waals surface area contributed by atoms with Crippen molar-refractivity contribution in [3.8, 4) is 0 Å². The fourth-order valence-electron chi connectivity index (χ4n) is 1.71. The van der Waals surface area contributed by atoms with Crippen molar-refractivity contribution in [1.82, 2.24) is 9.97 Å². The molecule has 3 nitrogen and oxygen atoms in total. The van der Waals surface area contributed by atoms with E-state index in [-0.39, 0.29) is 11.3 Å². The molecular formula is C15H13BF3N3S. The molecule has 0 aliphatic rings. The first kappa shape index (κ1) is 17.5. The van der Waals surface area contributed by atoms with Crippen molar-refractivity contribution in [3.63, 3.8) is 0 Å². The lowest BCUT2D eigenvalue weighted by atomic mass is 9.98. The van der Waals surface area contributed by atoms with Crippen molar-refractivity contribution >= 4 is 30.9 Å². The number of halogens is 3. The zero-order valence-corrected chi connectivity index (χ0v) is 13.4. The summed E-state index contributed by atoms with van der Waals surface area (Å²) in [5.41, 5.74) is 0.842. The van der Waals surface area contributed by atoms with Crippen molar-refractivity contribution < 1.29 is 13.2 Å². The quantitative estimate of drug-likeness (QED) is 0.472. The summed E-state index contributed by atoms with van der Waals surface area (Å²) in [4.78, 5) is 12.3. The van der Waals surface area contributed by atoms with Crippen LogP contribution in [0.5, 0.6) is 0 Å². The minimum Gasteiger partial charge on any atom is -0.261 e. The van der Waals surface area contributed by atoms with Crippen LogP contribution in [0.4, 0.5) is 18.9 Å². The first-order valence-corrected chi connectivity index (χ1v) is 7.66. The second-order valence-corrected chi connectivity index (χ2v) is 6.03. The van der Waals surface area contributed by atoms with Crippen LogP contribution in [0.25, 0.3) is 0 Å². The Balaban J connectivity index is 2.32. The normalized spacial score (nSPS) is 12.5. The zero-order chi connectivity index (χ0) is 17.0. The second-order valence-electron chi connectivity index (χ2n) is 5.02. The topological polar surface area (TPSA) is 38.1 Å². The molecule has 8 heteroatoms. The zero-order valence-electron chi connectivity index (χ0n) is 12.6. The average Bonchev–Trinajstić information content (AvgIpc) is 2.48. The van der Waals surface area contributed by atoms with Crippen LogP contribution >= 0.6 is 11.8 Å². The molecule has 2 radical (unpaired) electrons. The van der Waals surface area contributed by atoms with Gasteiger partial charge in [-0.15, -0.1) is 11.8 Å². The van der Waals surface area contributed by atoms with Crippen LogP contribution in [0.3, 0.4) is 0 Å². The van der Waals surface area contributed by atoms with Crippen molar-refractivity contribution in [2.75, 3.05) is 5.75 Å². The molecule has 0 aliphatic heterocycles. The summed E-state index contributed by atoms with van der Waals surface area (Å²) < 4.78 is 40.0. The molecular weight excluding hydrogens is 322 g/mol. The van der Waals surface area contributed by atoms with E-state index in [9.17, 15) is 13.2 Å². The predicted octanol–water partition coefficient (Wildman–Crippen LogP) is 3.92. The number of aliphatic imine (C=N–C) groups is 1. The lowest BCUT2D eigenvalue weighted by Crippen LogP contribution is -2.12. The summed E-state index contributed by atoms with van der Waals surface area (Å²) in [5.74, 6) is -3.79. The van der Waals surface area contributed by atoms with E-state index in [1.54, 1.807) is 6.92 Å². The summed E-state index contributed by atoms with van der Waals surface area (Å²) in [6.45, 7) is 2.49. The van der Waals surface area contributed by atoms with Gasteiger partial charge in [0.25, 0.3) is 5.92 Å². The molecule has 0 bridgehead atoms. The lowest BCUT2D eigenvalue weighted by Gasteiger charge is -2.12. The van der Waals surface area contributed by atoms with Crippen LogP contribution in [-0.4, -0.2) is 35.1 Å². The molecule has 0 fully saturated rings. The Kier molecular flexibility index (Phi) is 5.46. The van der Waals surface area contributed by atoms with Crippen LogP contribution in [0.15, 0.2) is 40.6 Å². The van der Waals surface area contributed by atoms with E-state index in [1.807, 2.05) is 0 Å². The maximum Gasteiger partial charge on any atom is 0.254 e. The highest BCUT2D eigenvalue weighted by molar-refractivity contribution is 7.99. The first-order valence-electron chi connectivity index (χ1n) is 6.67. The van der Waals surface area contributed by atoms with E-state index in [2.05, 4.69) is 15.0 Å². The number of hydrogen-bond acceptors (Lipinski definition) is 4. The van der Waals surface area contributed by atoms with Crippen LogP contribution in [-0.2, 0) is 0 Å². The lowest BCUT2D eigenvalue weighted by molar-refractivity contribution is 0.0492. The van der Waals surface area contributed by atoms with Crippen molar-refractivity contribution in [2.24, 2.45) is 4.99 Å². The third-order valence-corrected chi connectivity index (χ3v) is 4.19. The highest BCUT2D eigenvalue weighted by Gasteiger charge is 2.22.